The summed E-state index contributed by atoms with van der Waals surface area (Å²) in [5.41, 5.74) is 3.58. The maximum Gasteiger partial charge on any atom is 0.267 e. The number of fused-ring (bicyclic) bond motifs is 3. The van der Waals surface area contributed by atoms with Crippen LogP contribution in [-0.4, -0.2) is 30.3 Å². The van der Waals surface area contributed by atoms with Crippen molar-refractivity contribution < 1.29 is 9.18 Å². The van der Waals surface area contributed by atoms with E-state index in [2.05, 4.69) is 15.5 Å². The van der Waals surface area contributed by atoms with Gasteiger partial charge in [0.1, 0.15) is 5.82 Å². The second-order valence-electron chi connectivity index (χ2n) is 8.25. The topological polar surface area (TPSA) is 81.3 Å². The fraction of sp³-hybridized carbons (Fsp3) is 0.154. The van der Waals surface area contributed by atoms with Gasteiger partial charge in [-0.25, -0.2) is 8.96 Å². The molecule has 2 heterocycles. The van der Waals surface area contributed by atoms with Gasteiger partial charge in [0, 0.05) is 5.69 Å². The molecule has 0 saturated carbocycles. The molecule has 5 rings (SSSR count). The third-order valence-electron chi connectivity index (χ3n) is 5.96. The van der Waals surface area contributed by atoms with Gasteiger partial charge in [-0.2, -0.15) is 0 Å². The molecule has 0 aliphatic carbocycles. The summed E-state index contributed by atoms with van der Waals surface area (Å²) < 4.78 is 16.9. The molecule has 0 saturated heterocycles. The van der Waals surface area contributed by atoms with E-state index in [4.69, 9.17) is 0 Å². The highest BCUT2D eigenvalue weighted by atomic mass is 32.2. The lowest BCUT2D eigenvalue weighted by molar-refractivity contribution is -0.115. The molecule has 0 fully saturated rings. The molecule has 3 aromatic carbocycles. The Balaban J connectivity index is 1.62. The Kier molecular flexibility index (Phi) is 5.86. The SMILES string of the molecule is Cc1cccc(-n2c(=O)c3ccccc3n3c(SC(C)C(=O)Nc4cccc(F)c4)nnc23)c1C. The van der Waals surface area contributed by atoms with E-state index in [-0.39, 0.29) is 11.5 Å². The number of benzene rings is 3. The molecule has 1 atom stereocenters. The van der Waals surface area contributed by atoms with Gasteiger partial charge in [0.05, 0.1) is 21.8 Å². The van der Waals surface area contributed by atoms with Gasteiger partial charge in [0.15, 0.2) is 5.16 Å². The Bertz CT molecular complexity index is 1660. The standard InChI is InChI=1S/C26H22FN5O2S/c1-15-8-6-13-21(16(15)2)31-24(34)20-11-4-5-12-22(20)32-25(31)29-30-26(32)35-17(3)23(33)28-19-10-7-9-18(27)14-19/h4-14,17H,1-3H3,(H,28,33). The molecule has 0 spiro atoms. The first-order chi connectivity index (χ1) is 16.8. The van der Waals surface area contributed by atoms with E-state index in [1.54, 1.807) is 28.0 Å². The number of hydrogen-bond acceptors (Lipinski definition) is 5. The van der Waals surface area contributed by atoms with Crippen LogP contribution in [0.1, 0.15) is 18.1 Å². The highest BCUT2D eigenvalue weighted by molar-refractivity contribution is 8.00. The fourth-order valence-corrected chi connectivity index (χ4v) is 4.83. The van der Waals surface area contributed by atoms with Crippen LogP contribution in [0.25, 0.3) is 22.4 Å². The molecule has 0 aliphatic heterocycles. The first-order valence-electron chi connectivity index (χ1n) is 11.0. The number of amides is 1. The Hall–Kier alpha value is -3.98. The maximum absolute atomic E-state index is 13.6. The number of halogens is 1. The second kappa shape index (κ2) is 8.99. The summed E-state index contributed by atoms with van der Waals surface area (Å²) in [4.78, 5) is 26.4. The summed E-state index contributed by atoms with van der Waals surface area (Å²) in [5.74, 6) is -0.366. The summed E-state index contributed by atoms with van der Waals surface area (Å²) >= 11 is 1.21. The van der Waals surface area contributed by atoms with E-state index >= 15 is 0 Å². The largest absolute Gasteiger partial charge is 0.325 e. The fourth-order valence-electron chi connectivity index (χ4n) is 3.97. The Morgan fingerprint density at radius 1 is 1.03 bits per heavy atom. The lowest BCUT2D eigenvalue weighted by Gasteiger charge is -2.15. The minimum absolute atomic E-state index is 0.192. The number of nitrogens with one attached hydrogen (secondary N) is 1. The van der Waals surface area contributed by atoms with E-state index < -0.39 is 11.1 Å². The summed E-state index contributed by atoms with van der Waals surface area (Å²) in [7, 11) is 0. The zero-order valence-corrected chi connectivity index (χ0v) is 20.1. The van der Waals surface area contributed by atoms with Crippen molar-refractivity contribution in [2.75, 3.05) is 5.32 Å². The molecule has 0 aliphatic rings. The third-order valence-corrected chi connectivity index (χ3v) is 7.00. The van der Waals surface area contributed by atoms with Crippen LogP contribution in [0.5, 0.6) is 0 Å². The quantitative estimate of drug-likeness (QED) is 0.356. The van der Waals surface area contributed by atoms with Crippen molar-refractivity contribution in [3.05, 3.63) is 94.0 Å². The minimum Gasteiger partial charge on any atom is -0.325 e. The van der Waals surface area contributed by atoms with Gasteiger partial charge in [0.2, 0.25) is 11.7 Å². The lowest BCUT2D eigenvalue weighted by atomic mass is 10.1. The number of aromatic nitrogens is 4. The molecule has 176 valence electrons. The van der Waals surface area contributed by atoms with E-state index in [9.17, 15) is 14.0 Å². The normalized spacial score (nSPS) is 12.2. The summed E-state index contributed by atoms with van der Waals surface area (Å²) in [6.45, 7) is 5.70. The smallest absolute Gasteiger partial charge is 0.267 e. The van der Waals surface area contributed by atoms with Crippen LogP contribution in [0, 0.1) is 19.7 Å². The summed E-state index contributed by atoms with van der Waals surface area (Å²) in [5, 5.41) is 11.8. The number of nitrogens with zero attached hydrogens (tertiary/aromatic N) is 4. The molecule has 35 heavy (non-hydrogen) atoms. The number of carbonyl (C=O) groups is 1. The van der Waals surface area contributed by atoms with Gasteiger partial charge in [-0.15, -0.1) is 10.2 Å². The first kappa shape index (κ1) is 22.8. The van der Waals surface area contributed by atoms with Crippen LogP contribution in [0.2, 0.25) is 0 Å². The van der Waals surface area contributed by atoms with Gasteiger partial charge >= 0.3 is 0 Å². The maximum atomic E-state index is 13.6. The van der Waals surface area contributed by atoms with Gasteiger partial charge in [-0.05, 0) is 68.3 Å². The van der Waals surface area contributed by atoms with Crippen molar-refractivity contribution in [2.45, 2.75) is 31.2 Å². The molecule has 1 unspecified atom stereocenters. The molecule has 2 aromatic heterocycles. The van der Waals surface area contributed by atoms with E-state index in [0.717, 1.165) is 16.8 Å². The first-order valence-corrected chi connectivity index (χ1v) is 11.9. The summed E-state index contributed by atoms with van der Waals surface area (Å²) in [6, 6.07) is 18.8. The predicted molar refractivity (Wildman–Crippen MR) is 136 cm³/mol. The molecule has 5 aromatic rings. The minimum atomic E-state index is -0.564. The molecule has 0 bridgehead atoms. The van der Waals surface area contributed by atoms with Crippen molar-refractivity contribution in [2.24, 2.45) is 0 Å². The van der Waals surface area contributed by atoms with Crippen molar-refractivity contribution in [1.82, 2.24) is 19.2 Å². The average Bonchev–Trinajstić information content (AvgIpc) is 3.25. The number of aryl methyl sites for hydroxylation is 1. The molecule has 9 heteroatoms. The second-order valence-corrected chi connectivity index (χ2v) is 9.56. The Labute approximate surface area is 204 Å². The third kappa shape index (κ3) is 4.08. The highest BCUT2D eigenvalue weighted by Gasteiger charge is 2.23. The molecule has 1 N–H and O–H groups in total. The zero-order valence-electron chi connectivity index (χ0n) is 19.3. The zero-order chi connectivity index (χ0) is 24.7. The van der Waals surface area contributed by atoms with Crippen molar-refractivity contribution in [1.29, 1.82) is 0 Å². The number of thioether (sulfide) groups is 1. The number of hydrogen-bond donors (Lipinski definition) is 1. The Morgan fingerprint density at radius 2 is 1.80 bits per heavy atom. The van der Waals surface area contributed by atoms with E-state index in [1.165, 1.54) is 30.0 Å². The monoisotopic (exact) mass is 487 g/mol. The molecule has 7 nitrogen and oxygen atoms in total. The van der Waals surface area contributed by atoms with Crippen molar-refractivity contribution in [3.8, 4) is 5.69 Å². The summed E-state index contributed by atoms with van der Waals surface area (Å²) in [6.07, 6.45) is 0. The average molecular weight is 488 g/mol. The number of rotatable bonds is 5. The van der Waals surface area contributed by atoms with Crippen LogP contribution in [-0.2, 0) is 4.79 Å². The molecular weight excluding hydrogens is 465 g/mol. The van der Waals surface area contributed by atoms with Crippen molar-refractivity contribution in [3.63, 3.8) is 0 Å². The highest BCUT2D eigenvalue weighted by Crippen LogP contribution is 2.28. The lowest BCUT2D eigenvalue weighted by Crippen LogP contribution is -2.24. The van der Waals surface area contributed by atoms with Crippen LogP contribution in [0.3, 0.4) is 0 Å². The molecule has 1 amide bonds. The van der Waals surface area contributed by atoms with Crippen LogP contribution >= 0.6 is 11.8 Å². The van der Waals surface area contributed by atoms with Crippen LogP contribution in [0.15, 0.2) is 76.7 Å². The van der Waals surface area contributed by atoms with Gasteiger partial charge in [-0.1, -0.05) is 42.1 Å². The van der Waals surface area contributed by atoms with Gasteiger partial charge in [-0.3, -0.25) is 14.0 Å². The predicted octanol–water partition coefficient (Wildman–Crippen LogP) is 4.91. The van der Waals surface area contributed by atoms with Gasteiger partial charge < -0.3 is 5.32 Å². The van der Waals surface area contributed by atoms with Gasteiger partial charge in [0.25, 0.3) is 5.56 Å². The van der Waals surface area contributed by atoms with E-state index in [0.29, 0.717) is 27.5 Å². The number of anilines is 1. The van der Waals surface area contributed by atoms with Crippen LogP contribution < -0.4 is 10.9 Å². The molecular formula is C26H22FN5O2S. The number of carbonyl (C=O) groups excluding carboxylic acids is 1. The van der Waals surface area contributed by atoms with Crippen molar-refractivity contribution >= 4 is 40.0 Å². The molecule has 0 radical (unpaired) electrons. The van der Waals surface area contributed by atoms with E-state index in [1.807, 2.05) is 50.2 Å². The van der Waals surface area contributed by atoms with Crippen LogP contribution in [0.4, 0.5) is 10.1 Å². The Morgan fingerprint density at radius 3 is 2.60 bits per heavy atom. The number of para-hydroxylation sites is 1.